The minimum absolute atomic E-state index is 0.00980. The van der Waals surface area contributed by atoms with E-state index in [2.05, 4.69) is 53.4 Å². The number of allylic oxidation sites excluding steroid dienone is 1. The summed E-state index contributed by atoms with van der Waals surface area (Å²) >= 11 is 0. The zero-order chi connectivity index (χ0) is 22.6. The van der Waals surface area contributed by atoms with E-state index in [4.69, 9.17) is 15.7 Å². The molecule has 0 aromatic heterocycles. The molecule has 5 nitrogen and oxygen atoms in total. The van der Waals surface area contributed by atoms with Crippen LogP contribution in [0.2, 0.25) is 0 Å². The molecule has 0 fully saturated rings. The van der Waals surface area contributed by atoms with Gasteiger partial charge < -0.3 is 15.4 Å². The summed E-state index contributed by atoms with van der Waals surface area (Å²) in [5.74, 6) is 0.0650. The van der Waals surface area contributed by atoms with Crippen molar-refractivity contribution in [2.24, 2.45) is 11.7 Å². The molecular weight excluding hydrogens is 362 g/mol. The molecule has 0 unspecified atom stereocenters. The lowest BCUT2D eigenvalue weighted by atomic mass is 10.0. The number of nitrogens with two attached hydrogens (primary N) is 1. The molecule has 0 bridgehead atoms. The third-order valence-corrected chi connectivity index (χ3v) is 4.39. The SMILES string of the molecule is CC(C)CCOC(C)(C)C.CCN(CC)c1ccc(/C(C)=C(\C#N)C(N)=O)cc1. The molecule has 0 aliphatic carbocycles. The first kappa shape index (κ1) is 26.7. The third kappa shape index (κ3) is 10.7. The Morgan fingerprint density at radius 1 is 1.17 bits per heavy atom. The number of carbonyl (C=O) groups is 1. The number of nitriles is 1. The minimum Gasteiger partial charge on any atom is -0.376 e. The predicted molar refractivity (Wildman–Crippen MR) is 123 cm³/mol. The summed E-state index contributed by atoms with van der Waals surface area (Å²) in [5.41, 5.74) is 7.80. The summed E-state index contributed by atoms with van der Waals surface area (Å²) in [5, 5.41) is 8.93. The van der Waals surface area contributed by atoms with Crippen LogP contribution in [0.15, 0.2) is 29.8 Å². The monoisotopic (exact) mass is 401 g/mol. The Labute approximate surface area is 177 Å². The Morgan fingerprint density at radius 3 is 2.03 bits per heavy atom. The molecule has 1 aromatic rings. The maximum Gasteiger partial charge on any atom is 0.259 e. The summed E-state index contributed by atoms with van der Waals surface area (Å²) in [6.07, 6.45) is 1.16. The molecule has 0 radical (unpaired) electrons. The van der Waals surface area contributed by atoms with E-state index in [1.807, 2.05) is 30.3 Å². The molecule has 2 N–H and O–H groups in total. The number of hydrogen-bond acceptors (Lipinski definition) is 4. The van der Waals surface area contributed by atoms with Crippen LogP contribution in [0, 0.1) is 17.2 Å². The van der Waals surface area contributed by atoms with Crippen LogP contribution in [0.1, 0.15) is 67.4 Å². The first-order chi connectivity index (χ1) is 13.5. The first-order valence-corrected chi connectivity index (χ1v) is 10.4. The molecule has 0 saturated heterocycles. The molecule has 0 spiro atoms. The summed E-state index contributed by atoms with van der Waals surface area (Å²) in [6, 6.07) is 9.64. The molecule has 29 heavy (non-hydrogen) atoms. The number of amides is 1. The van der Waals surface area contributed by atoms with Gasteiger partial charge in [-0.2, -0.15) is 5.26 Å². The topological polar surface area (TPSA) is 79.3 Å². The second-order valence-electron chi connectivity index (χ2n) is 8.34. The van der Waals surface area contributed by atoms with Gasteiger partial charge in [0.25, 0.3) is 5.91 Å². The van der Waals surface area contributed by atoms with Gasteiger partial charge in [0.1, 0.15) is 11.6 Å². The molecule has 0 heterocycles. The van der Waals surface area contributed by atoms with E-state index >= 15 is 0 Å². The summed E-state index contributed by atoms with van der Waals surface area (Å²) in [7, 11) is 0. The molecule has 1 amide bonds. The maximum atomic E-state index is 11.1. The van der Waals surface area contributed by atoms with Gasteiger partial charge in [0.2, 0.25) is 0 Å². The second kappa shape index (κ2) is 13.0. The zero-order valence-corrected chi connectivity index (χ0v) is 19.5. The number of primary amides is 1. The van der Waals surface area contributed by atoms with Crippen molar-refractivity contribution in [2.45, 2.75) is 67.4 Å². The minimum atomic E-state index is -0.687. The summed E-state index contributed by atoms with van der Waals surface area (Å²) < 4.78 is 5.54. The Balaban J connectivity index is 0.000000665. The van der Waals surface area contributed by atoms with Gasteiger partial charge in [-0.1, -0.05) is 26.0 Å². The van der Waals surface area contributed by atoms with Crippen molar-refractivity contribution in [2.75, 3.05) is 24.6 Å². The average Bonchev–Trinajstić information content (AvgIpc) is 2.62. The third-order valence-electron chi connectivity index (χ3n) is 4.39. The van der Waals surface area contributed by atoms with Crippen molar-refractivity contribution in [1.82, 2.24) is 0 Å². The van der Waals surface area contributed by atoms with Crippen molar-refractivity contribution >= 4 is 17.2 Å². The van der Waals surface area contributed by atoms with Crippen LogP contribution in [0.25, 0.3) is 5.57 Å². The van der Waals surface area contributed by atoms with Crippen molar-refractivity contribution in [3.63, 3.8) is 0 Å². The number of benzene rings is 1. The van der Waals surface area contributed by atoms with Crippen LogP contribution in [0.4, 0.5) is 5.69 Å². The Hall–Kier alpha value is -2.32. The van der Waals surface area contributed by atoms with Crippen LogP contribution in [0.3, 0.4) is 0 Å². The molecule has 0 atom stereocenters. The van der Waals surface area contributed by atoms with Gasteiger partial charge in [-0.15, -0.1) is 0 Å². The van der Waals surface area contributed by atoms with Crippen LogP contribution < -0.4 is 10.6 Å². The van der Waals surface area contributed by atoms with E-state index in [0.717, 1.165) is 43.3 Å². The van der Waals surface area contributed by atoms with Gasteiger partial charge in [0, 0.05) is 25.4 Å². The predicted octanol–water partition coefficient (Wildman–Crippen LogP) is 5.16. The molecule has 1 rings (SSSR count). The van der Waals surface area contributed by atoms with Gasteiger partial charge >= 0.3 is 0 Å². The fourth-order valence-electron chi connectivity index (χ4n) is 2.58. The standard InChI is InChI=1S/C15H19N3O.C9H20O/c1-4-18(5-2)13-8-6-12(7-9-13)11(3)14(10-16)15(17)19;1-8(2)6-7-10-9(3,4)5/h6-9H,4-5H2,1-3H3,(H2,17,19);8H,6-7H2,1-5H3/b14-11+;. The highest BCUT2D eigenvalue weighted by molar-refractivity contribution is 6.03. The Bertz CT molecular complexity index is 688. The zero-order valence-electron chi connectivity index (χ0n) is 19.5. The summed E-state index contributed by atoms with van der Waals surface area (Å²) in [6.45, 7) is 19.4. The molecular formula is C24H39N3O2. The second-order valence-corrected chi connectivity index (χ2v) is 8.34. The van der Waals surface area contributed by atoms with E-state index in [0.29, 0.717) is 5.57 Å². The van der Waals surface area contributed by atoms with Crippen LogP contribution in [0.5, 0.6) is 0 Å². The maximum absolute atomic E-state index is 11.1. The molecule has 1 aromatic carbocycles. The van der Waals surface area contributed by atoms with E-state index < -0.39 is 5.91 Å². The number of hydrogen-bond donors (Lipinski definition) is 1. The number of anilines is 1. The van der Waals surface area contributed by atoms with Crippen LogP contribution in [-0.2, 0) is 9.53 Å². The van der Waals surface area contributed by atoms with E-state index in [1.165, 1.54) is 0 Å². The number of carbonyl (C=O) groups excluding carboxylic acids is 1. The molecule has 0 saturated carbocycles. The van der Waals surface area contributed by atoms with Crippen molar-refractivity contribution < 1.29 is 9.53 Å². The van der Waals surface area contributed by atoms with Crippen molar-refractivity contribution in [3.8, 4) is 6.07 Å². The molecule has 5 heteroatoms. The Kier molecular flexibility index (Phi) is 12.0. The lowest BCUT2D eigenvalue weighted by Gasteiger charge is -2.21. The molecule has 0 aliphatic heterocycles. The first-order valence-electron chi connectivity index (χ1n) is 10.4. The van der Waals surface area contributed by atoms with Crippen LogP contribution >= 0.6 is 0 Å². The Morgan fingerprint density at radius 2 is 1.69 bits per heavy atom. The van der Waals surface area contributed by atoms with E-state index in [-0.39, 0.29) is 11.2 Å². The van der Waals surface area contributed by atoms with Gasteiger partial charge in [0.15, 0.2) is 0 Å². The fraction of sp³-hybridized carbons (Fsp3) is 0.583. The smallest absolute Gasteiger partial charge is 0.259 e. The quantitative estimate of drug-likeness (QED) is 0.482. The van der Waals surface area contributed by atoms with Gasteiger partial charge in [-0.05, 0) is 77.2 Å². The highest BCUT2D eigenvalue weighted by Crippen LogP contribution is 2.22. The normalized spacial score (nSPS) is 11.9. The van der Waals surface area contributed by atoms with Crippen LogP contribution in [-0.4, -0.2) is 31.2 Å². The van der Waals surface area contributed by atoms with Crippen molar-refractivity contribution in [1.29, 1.82) is 5.26 Å². The van der Waals surface area contributed by atoms with Gasteiger partial charge in [-0.3, -0.25) is 4.79 Å². The number of nitrogens with zero attached hydrogens (tertiary/aromatic N) is 2. The highest BCUT2D eigenvalue weighted by atomic mass is 16.5. The summed E-state index contributed by atoms with van der Waals surface area (Å²) in [4.78, 5) is 13.4. The average molecular weight is 402 g/mol. The van der Waals surface area contributed by atoms with Gasteiger partial charge in [0.05, 0.1) is 5.60 Å². The number of rotatable bonds is 8. The largest absolute Gasteiger partial charge is 0.376 e. The van der Waals surface area contributed by atoms with Gasteiger partial charge in [-0.25, -0.2) is 0 Å². The number of ether oxygens (including phenoxy) is 1. The highest BCUT2D eigenvalue weighted by Gasteiger charge is 2.11. The van der Waals surface area contributed by atoms with E-state index in [9.17, 15) is 4.79 Å². The van der Waals surface area contributed by atoms with E-state index in [1.54, 1.807) is 6.92 Å². The lowest BCUT2D eigenvalue weighted by Crippen LogP contribution is -2.21. The van der Waals surface area contributed by atoms with Crippen molar-refractivity contribution in [3.05, 3.63) is 35.4 Å². The molecule has 0 aliphatic rings. The lowest BCUT2D eigenvalue weighted by molar-refractivity contribution is -0.114. The fourth-order valence-corrected chi connectivity index (χ4v) is 2.58. The molecule has 162 valence electrons.